The molecule has 0 spiro atoms. The Bertz CT molecular complexity index is 318. The minimum absolute atomic E-state index is 0.257. The van der Waals surface area contributed by atoms with Crippen LogP contribution >= 0.6 is 0 Å². The Morgan fingerprint density at radius 2 is 2.33 bits per heavy atom. The van der Waals surface area contributed by atoms with Gasteiger partial charge in [0.05, 0.1) is 12.8 Å². The minimum Gasteiger partial charge on any atom is -0.477 e. The van der Waals surface area contributed by atoms with Gasteiger partial charge in [-0.1, -0.05) is 20.8 Å². The molecule has 1 aromatic heterocycles. The molecular weight excluding hydrogens is 192 g/mol. The van der Waals surface area contributed by atoms with Gasteiger partial charge in [0, 0.05) is 5.56 Å². The summed E-state index contributed by atoms with van der Waals surface area (Å²) in [7, 11) is 0. The number of ether oxygens (including phenoxy) is 1. The van der Waals surface area contributed by atoms with Crippen molar-refractivity contribution in [2.45, 2.75) is 33.7 Å². The zero-order valence-electron chi connectivity index (χ0n) is 9.56. The number of hydrogen-bond donors (Lipinski definition) is 0. The lowest BCUT2D eigenvalue weighted by Crippen LogP contribution is -2.11. The van der Waals surface area contributed by atoms with Gasteiger partial charge >= 0.3 is 0 Å². The molecule has 4 nitrogen and oxygen atoms in total. The quantitative estimate of drug-likeness (QED) is 0.671. The van der Waals surface area contributed by atoms with E-state index in [0.29, 0.717) is 12.5 Å². The van der Waals surface area contributed by atoms with Crippen molar-refractivity contribution >= 4 is 6.29 Å². The number of aromatic nitrogens is 2. The van der Waals surface area contributed by atoms with E-state index in [0.717, 1.165) is 24.2 Å². The van der Waals surface area contributed by atoms with E-state index in [1.807, 2.05) is 6.92 Å². The van der Waals surface area contributed by atoms with Gasteiger partial charge in [0.2, 0.25) is 5.88 Å². The number of carbonyl (C=O) groups is 1. The van der Waals surface area contributed by atoms with Crippen molar-refractivity contribution in [1.82, 2.24) is 9.78 Å². The zero-order valence-corrected chi connectivity index (χ0v) is 9.56. The average molecular weight is 210 g/mol. The van der Waals surface area contributed by atoms with Gasteiger partial charge in [-0.3, -0.25) is 0 Å². The summed E-state index contributed by atoms with van der Waals surface area (Å²) in [5.41, 5.74) is 1.05. The molecule has 1 heterocycles. The van der Waals surface area contributed by atoms with E-state index in [-0.39, 0.29) is 6.54 Å². The van der Waals surface area contributed by atoms with Gasteiger partial charge in [0.15, 0.2) is 0 Å². The first-order valence-corrected chi connectivity index (χ1v) is 5.30. The summed E-state index contributed by atoms with van der Waals surface area (Å²) < 4.78 is 7.26. The van der Waals surface area contributed by atoms with Gasteiger partial charge in [-0.2, -0.15) is 5.10 Å². The number of nitrogens with zero attached hydrogens (tertiary/aromatic N) is 2. The Balaban J connectivity index is 2.79. The summed E-state index contributed by atoms with van der Waals surface area (Å²) in [6.07, 6.45) is 3.46. The molecule has 0 saturated carbocycles. The topological polar surface area (TPSA) is 44.1 Å². The first kappa shape index (κ1) is 11.8. The Morgan fingerprint density at radius 3 is 2.87 bits per heavy atom. The lowest BCUT2D eigenvalue weighted by Gasteiger charge is -2.11. The van der Waals surface area contributed by atoms with E-state index in [1.54, 1.807) is 10.9 Å². The van der Waals surface area contributed by atoms with Crippen molar-refractivity contribution in [3.8, 4) is 5.88 Å². The number of aldehydes is 1. The molecule has 0 radical (unpaired) electrons. The second-order valence-corrected chi connectivity index (χ2v) is 3.88. The average Bonchev–Trinajstić information content (AvgIpc) is 2.58. The fourth-order valence-electron chi connectivity index (χ4n) is 1.27. The summed E-state index contributed by atoms with van der Waals surface area (Å²) in [5, 5.41) is 4.12. The lowest BCUT2D eigenvalue weighted by molar-refractivity contribution is -0.108. The number of aryl methyl sites for hydroxylation is 1. The van der Waals surface area contributed by atoms with Crippen molar-refractivity contribution in [3.63, 3.8) is 0 Å². The third kappa shape index (κ3) is 3.08. The summed E-state index contributed by atoms with van der Waals surface area (Å²) in [5.74, 6) is 1.20. The number of rotatable bonds is 6. The highest BCUT2D eigenvalue weighted by Gasteiger charge is 2.10. The van der Waals surface area contributed by atoms with Crippen molar-refractivity contribution < 1.29 is 9.53 Å². The van der Waals surface area contributed by atoms with E-state index in [4.69, 9.17) is 4.74 Å². The van der Waals surface area contributed by atoms with Crippen LogP contribution in [0.25, 0.3) is 0 Å². The predicted octanol–water partition coefficient (Wildman–Crippen LogP) is 1.68. The largest absolute Gasteiger partial charge is 0.477 e. The molecule has 4 heteroatoms. The van der Waals surface area contributed by atoms with Crippen LogP contribution in [0.5, 0.6) is 5.88 Å². The summed E-state index contributed by atoms with van der Waals surface area (Å²) in [4.78, 5) is 10.4. The van der Waals surface area contributed by atoms with Gasteiger partial charge in [-0.05, 0) is 12.3 Å². The molecule has 0 unspecified atom stereocenters. The molecule has 1 aromatic rings. The van der Waals surface area contributed by atoms with E-state index < -0.39 is 0 Å². The van der Waals surface area contributed by atoms with Crippen LogP contribution in [-0.2, 0) is 17.8 Å². The Hall–Kier alpha value is -1.32. The van der Waals surface area contributed by atoms with Crippen LogP contribution in [0.3, 0.4) is 0 Å². The maximum atomic E-state index is 10.4. The fourth-order valence-corrected chi connectivity index (χ4v) is 1.27. The first-order chi connectivity index (χ1) is 7.19. The first-order valence-electron chi connectivity index (χ1n) is 5.30. The molecule has 84 valence electrons. The van der Waals surface area contributed by atoms with Crippen LogP contribution < -0.4 is 4.74 Å². The predicted molar refractivity (Wildman–Crippen MR) is 58.0 cm³/mol. The fraction of sp³-hybridized carbons (Fsp3) is 0.636. The minimum atomic E-state index is 0.257. The molecule has 0 aliphatic rings. The molecule has 0 bridgehead atoms. The van der Waals surface area contributed by atoms with Gasteiger partial charge in [0.25, 0.3) is 0 Å². The molecule has 15 heavy (non-hydrogen) atoms. The van der Waals surface area contributed by atoms with Crippen LogP contribution in [0, 0.1) is 5.92 Å². The number of hydrogen-bond acceptors (Lipinski definition) is 3. The molecule has 1 rings (SSSR count). The summed E-state index contributed by atoms with van der Waals surface area (Å²) >= 11 is 0. The third-order valence-corrected chi connectivity index (χ3v) is 2.04. The highest BCUT2D eigenvalue weighted by molar-refractivity contribution is 5.49. The van der Waals surface area contributed by atoms with Crippen molar-refractivity contribution in [3.05, 3.63) is 11.8 Å². The standard InChI is InChI=1S/C11H18N2O2/c1-4-10-7-12-13(5-6-14)11(10)15-8-9(2)3/h6-7,9H,4-5,8H2,1-3H3. The smallest absolute Gasteiger partial charge is 0.215 e. The molecule has 0 aromatic carbocycles. The second-order valence-electron chi connectivity index (χ2n) is 3.88. The van der Waals surface area contributed by atoms with Gasteiger partial charge in [-0.15, -0.1) is 0 Å². The van der Waals surface area contributed by atoms with E-state index >= 15 is 0 Å². The molecule has 0 atom stereocenters. The van der Waals surface area contributed by atoms with E-state index in [1.165, 1.54) is 0 Å². The van der Waals surface area contributed by atoms with E-state index in [2.05, 4.69) is 18.9 Å². The molecular formula is C11H18N2O2. The SMILES string of the molecule is CCc1cnn(CC=O)c1OCC(C)C. The lowest BCUT2D eigenvalue weighted by atomic mass is 10.2. The molecule has 0 N–H and O–H groups in total. The van der Waals surface area contributed by atoms with Crippen LogP contribution in [0.15, 0.2) is 6.20 Å². The second kappa shape index (κ2) is 5.53. The van der Waals surface area contributed by atoms with Crippen molar-refractivity contribution in [2.24, 2.45) is 5.92 Å². The van der Waals surface area contributed by atoms with Gasteiger partial charge in [-0.25, -0.2) is 4.68 Å². The summed E-state index contributed by atoms with van der Waals surface area (Å²) in [6.45, 7) is 7.13. The normalized spacial score (nSPS) is 10.7. The zero-order chi connectivity index (χ0) is 11.3. The van der Waals surface area contributed by atoms with Crippen molar-refractivity contribution in [1.29, 1.82) is 0 Å². The van der Waals surface area contributed by atoms with Crippen LogP contribution in [0.2, 0.25) is 0 Å². The maximum absolute atomic E-state index is 10.4. The van der Waals surface area contributed by atoms with Gasteiger partial charge in [0.1, 0.15) is 12.8 Å². The van der Waals surface area contributed by atoms with Crippen LogP contribution in [0.4, 0.5) is 0 Å². The maximum Gasteiger partial charge on any atom is 0.215 e. The molecule has 0 aliphatic carbocycles. The molecule has 0 fully saturated rings. The Labute approximate surface area is 90.2 Å². The van der Waals surface area contributed by atoms with Crippen LogP contribution in [-0.4, -0.2) is 22.7 Å². The Kier molecular flexibility index (Phi) is 4.34. The monoisotopic (exact) mass is 210 g/mol. The third-order valence-electron chi connectivity index (χ3n) is 2.04. The number of carbonyl (C=O) groups excluding carboxylic acids is 1. The molecule has 0 amide bonds. The molecule has 0 saturated heterocycles. The van der Waals surface area contributed by atoms with Gasteiger partial charge < -0.3 is 9.53 Å². The summed E-state index contributed by atoms with van der Waals surface area (Å²) in [6, 6.07) is 0. The highest BCUT2D eigenvalue weighted by atomic mass is 16.5. The van der Waals surface area contributed by atoms with Crippen molar-refractivity contribution in [2.75, 3.05) is 6.61 Å². The Morgan fingerprint density at radius 1 is 1.60 bits per heavy atom. The highest BCUT2D eigenvalue weighted by Crippen LogP contribution is 2.19. The van der Waals surface area contributed by atoms with E-state index in [9.17, 15) is 4.79 Å². The molecule has 0 aliphatic heterocycles. The van der Waals surface area contributed by atoms with Crippen LogP contribution in [0.1, 0.15) is 26.3 Å².